The quantitative estimate of drug-likeness (QED) is 0.665. The Balaban J connectivity index is 1.62. The Bertz CT molecular complexity index is 1110. The molecule has 8 nitrogen and oxygen atoms in total. The lowest BCUT2D eigenvalue weighted by Crippen LogP contribution is -2.26. The van der Waals surface area contributed by atoms with Crippen LogP contribution in [0.15, 0.2) is 52.5 Å². The summed E-state index contributed by atoms with van der Waals surface area (Å²) in [5.41, 5.74) is 2.08. The topological polar surface area (TPSA) is 110 Å². The molecule has 0 aromatic carbocycles. The molecule has 1 saturated carbocycles. The van der Waals surface area contributed by atoms with Crippen molar-refractivity contribution in [1.29, 1.82) is 0 Å². The monoisotopic (exact) mass is 385 g/mol. The Kier molecular flexibility index (Phi) is 4.40. The largest absolute Gasteiger partial charge is 0.294 e. The van der Waals surface area contributed by atoms with Gasteiger partial charge in [0.2, 0.25) is 10.0 Å². The van der Waals surface area contributed by atoms with Gasteiger partial charge in [-0.2, -0.15) is 0 Å². The van der Waals surface area contributed by atoms with Crippen molar-refractivity contribution in [3.05, 3.63) is 70.0 Å². The van der Waals surface area contributed by atoms with Crippen molar-refractivity contribution in [2.45, 2.75) is 37.1 Å². The molecular weight excluding hydrogens is 366 g/mol. The van der Waals surface area contributed by atoms with Crippen molar-refractivity contribution in [2.75, 3.05) is 0 Å². The minimum atomic E-state index is -3.57. The molecule has 0 radical (unpaired) electrons. The van der Waals surface area contributed by atoms with Gasteiger partial charge in [0.05, 0.1) is 0 Å². The molecule has 9 heteroatoms. The lowest BCUT2D eigenvalue weighted by molar-refractivity contribution is 0.580. The maximum absolute atomic E-state index is 12.8. The molecule has 1 aliphatic rings. The molecule has 3 aromatic rings. The van der Waals surface area contributed by atoms with Crippen LogP contribution in [0.3, 0.4) is 0 Å². The fraction of sp³-hybridized carbons (Fsp3) is 0.278. The van der Waals surface area contributed by atoms with E-state index in [1.54, 1.807) is 12.4 Å². The van der Waals surface area contributed by atoms with Crippen LogP contribution >= 0.6 is 0 Å². The molecule has 3 aromatic heterocycles. The van der Waals surface area contributed by atoms with E-state index in [-0.39, 0.29) is 16.5 Å². The first-order chi connectivity index (χ1) is 12.9. The van der Waals surface area contributed by atoms with Crippen LogP contribution in [-0.4, -0.2) is 34.2 Å². The molecular formula is C18H19N5O3S. The van der Waals surface area contributed by atoms with Crippen LogP contribution < -0.4 is 10.3 Å². The van der Waals surface area contributed by atoms with Gasteiger partial charge in [-0.25, -0.2) is 22.8 Å². The molecule has 3 heterocycles. The van der Waals surface area contributed by atoms with Gasteiger partial charge < -0.3 is 0 Å². The van der Waals surface area contributed by atoms with Crippen molar-refractivity contribution in [3.8, 4) is 5.82 Å². The Labute approximate surface area is 156 Å². The van der Waals surface area contributed by atoms with Gasteiger partial charge in [0.1, 0.15) is 4.90 Å². The number of aromatic amines is 1. The zero-order valence-corrected chi connectivity index (χ0v) is 15.5. The van der Waals surface area contributed by atoms with Gasteiger partial charge in [-0.1, -0.05) is 6.07 Å². The lowest BCUT2D eigenvalue weighted by Gasteiger charge is -2.06. The van der Waals surface area contributed by atoms with Gasteiger partial charge >= 0.3 is 0 Å². The van der Waals surface area contributed by atoms with E-state index in [1.807, 2.05) is 19.1 Å². The highest BCUT2D eigenvalue weighted by Gasteiger charge is 2.28. The van der Waals surface area contributed by atoms with E-state index in [0.29, 0.717) is 17.8 Å². The fourth-order valence-electron chi connectivity index (χ4n) is 2.81. The third-order valence-corrected chi connectivity index (χ3v) is 5.96. The zero-order valence-electron chi connectivity index (χ0n) is 14.7. The fourth-order valence-corrected chi connectivity index (χ4v) is 4.06. The highest BCUT2D eigenvalue weighted by molar-refractivity contribution is 7.89. The molecule has 0 amide bonds. The number of rotatable bonds is 6. The summed E-state index contributed by atoms with van der Waals surface area (Å²) in [6, 6.07) is 6.74. The summed E-state index contributed by atoms with van der Waals surface area (Å²) in [4.78, 5) is 21.1. The number of H-pyrrole nitrogens is 1. The summed E-state index contributed by atoms with van der Waals surface area (Å²) in [5, 5.41) is 3.01. The molecule has 27 heavy (non-hydrogen) atoms. The minimum absolute atomic E-state index is 0.0263. The van der Waals surface area contributed by atoms with Gasteiger partial charge in [0.15, 0.2) is 5.82 Å². The van der Waals surface area contributed by atoms with Crippen LogP contribution in [0.25, 0.3) is 5.82 Å². The summed E-state index contributed by atoms with van der Waals surface area (Å²) in [5.74, 6) is 0.339. The first kappa shape index (κ1) is 17.6. The predicted molar refractivity (Wildman–Crippen MR) is 99.3 cm³/mol. The van der Waals surface area contributed by atoms with E-state index >= 15 is 0 Å². The molecule has 1 aliphatic carbocycles. The van der Waals surface area contributed by atoms with Gasteiger partial charge in [-0.3, -0.25) is 14.9 Å². The second-order valence-electron chi connectivity index (χ2n) is 6.64. The summed E-state index contributed by atoms with van der Waals surface area (Å²) >= 11 is 0. The Morgan fingerprint density at radius 1 is 1.26 bits per heavy atom. The molecule has 1 fully saturated rings. The van der Waals surface area contributed by atoms with E-state index in [2.05, 4.69) is 19.8 Å². The maximum atomic E-state index is 12.8. The van der Waals surface area contributed by atoms with Crippen LogP contribution in [0.1, 0.15) is 29.7 Å². The lowest BCUT2D eigenvalue weighted by atomic mass is 10.1. The summed E-state index contributed by atoms with van der Waals surface area (Å²) in [6.45, 7) is 1.82. The van der Waals surface area contributed by atoms with Crippen molar-refractivity contribution in [3.63, 3.8) is 0 Å². The van der Waals surface area contributed by atoms with Crippen molar-refractivity contribution in [1.82, 2.24) is 24.5 Å². The first-order valence-corrected chi connectivity index (χ1v) is 10.1. The molecule has 2 N–H and O–H groups in total. The number of aromatic nitrogens is 4. The first-order valence-electron chi connectivity index (χ1n) is 8.62. The van der Waals surface area contributed by atoms with Gasteiger partial charge in [0.25, 0.3) is 5.56 Å². The van der Waals surface area contributed by atoms with Gasteiger partial charge in [0, 0.05) is 42.3 Å². The summed E-state index contributed by atoms with van der Waals surface area (Å²) in [7, 11) is -3.57. The molecule has 140 valence electrons. The standard InChI is InChI=1S/C18H19N5O3S/c1-12-16(9-13-3-2-8-19-10-13)18(24)23(21-12)17-7-6-15(11-20-17)27(25,26)22-14-4-5-14/h2-3,6-8,10-11,14,21-22H,4-5,9H2,1H3. The molecule has 0 saturated heterocycles. The molecule has 0 unspecified atom stereocenters. The molecule has 0 atom stereocenters. The summed E-state index contributed by atoms with van der Waals surface area (Å²) < 4.78 is 28.4. The molecule has 0 aliphatic heterocycles. The average molecular weight is 385 g/mol. The predicted octanol–water partition coefficient (Wildman–Crippen LogP) is 1.30. The number of hydrogen-bond acceptors (Lipinski definition) is 5. The Morgan fingerprint density at radius 3 is 2.70 bits per heavy atom. The van der Waals surface area contributed by atoms with Crippen LogP contribution in [0, 0.1) is 6.92 Å². The zero-order chi connectivity index (χ0) is 19.0. The van der Waals surface area contributed by atoms with Gasteiger partial charge in [-0.05, 0) is 43.5 Å². The van der Waals surface area contributed by atoms with Crippen LogP contribution in [-0.2, 0) is 16.4 Å². The maximum Gasteiger partial charge on any atom is 0.276 e. The number of nitrogens with zero attached hydrogens (tertiary/aromatic N) is 3. The molecule has 4 rings (SSSR count). The highest BCUT2D eigenvalue weighted by Crippen LogP contribution is 2.22. The third kappa shape index (κ3) is 3.69. The normalized spacial score (nSPS) is 14.4. The summed E-state index contributed by atoms with van der Waals surface area (Å²) in [6.07, 6.45) is 6.86. The van der Waals surface area contributed by atoms with E-state index in [1.165, 1.54) is 23.0 Å². The number of aryl methyl sites for hydroxylation is 1. The van der Waals surface area contributed by atoms with E-state index in [4.69, 9.17) is 0 Å². The molecule has 0 spiro atoms. The number of pyridine rings is 2. The number of nitrogens with one attached hydrogen (secondary N) is 2. The van der Waals surface area contributed by atoms with Crippen molar-refractivity contribution >= 4 is 10.0 Å². The minimum Gasteiger partial charge on any atom is -0.294 e. The third-order valence-electron chi connectivity index (χ3n) is 4.46. The van der Waals surface area contributed by atoms with E-state index in [9.17, 15) is 13.2 Å². The number of hydrogen-bond donors (Lipinski definition) is 2. The van der Waals surface area contributed by atoms with E-state index in [0.717, 1.165) is 24.1 Å². The smallest absolute Gasteiger partial charge is 0.276 e. The second kappa shape index (κ2) is 6.75. The number of sulfonamides is 1. The van der Waals surface area contributed by atoms with Crippen molar-refractivity contribution in [2.24, 2.45) is 0 Å². The highest BCUT2D eigenvalue weighted by atomic mass is 32.2. The van der Waals surface area contributed by atoms with Crippen molar-refractivity contribution < 1.29 is 8.42 Å². The van der Waals surface area contributed by atoms with Crippen LogP contribution in [0.2, 0.25) is 0 Å². The molecule has 0 bridgehead atoms. The van der Waals surface area contributed by atoms with Crippen LogP contribution in [0.4, 0.5) is 0 Å². The average Bonchev–Trinajstić information content (AvgIpc) is 3.43. The second-order valence-corrected chi connectivity index (χ2v) is 8.36. The van der Waals surface area contributed by atoms with Crippen LogP contribution in [0.5, 0.6) is 0 Å². The Hall–Kier alpha value is -2.78. The van der Waals surface area contributed by atoms with E-state index < -0.39 is 10.0 Å². The SMILES string of the molecule is Cc1[nH]n(-c2ccc(S(=O)(=O)NC3CC3)cn2)c(=O)c1Cc1cccnc1. The Morgan fingerprint density at radius 2 is 2.07 bits per heavy atom. The van der Waals surface area contributed by atoms with Gasteiger partial charge in [-0.15, -0.1) is 0 Å².